The molecule has 0 radical (unpaired) electrons. The average molecular weight is 449 g/mol. The summed E-state index contributed by atoms with van der Waals surface area (Å²) in [5.41, 5.74) is 3.79. The quantitative estimate of drug-likeness (QED) is 0.194. The maximum Gasteiger partial charge on any atom is 0.308 e. The van der Waals surface area contributed by atoms with Gasteiger partial charge in [0.15, 0.2) is 5.78 Å². The van der Waals surface area contributed by atoms with Crippen LogP contribution in [0.3, 0.4) is 0 Å². The Kier molecular flexibility index (Phi) is 6.81. The lowest BCUT2D eigenvalue weighted by atomic mass is 9.87. The van der Waals surface area contributed by atoms with Crippen LogP contribution in [0.15, 0.2) is 94.5 Å². The van der Waals surface area contributed by atoms with Crippen molar-refractivity contribution >= 4 is 39.6 Å². The Hall–Kier alpha value is -3.38. The molecule has 5 nitrogen and oxygen atoms in total. The van der Waals surface area contributed by atoms with Crippen LogP contribution in [0.25, 0.3) is 0 Å². The van der Waals surface area contributed by atoms with Crippen LogP contribution < -0.4 is 5.43 Å². The highest BCUT2D eigenvalue weighted by Crippen LogP contribution is 2.22. The van der Waals surface area contributed by atoms with E-state index < -0.39 is 23.4 Å². The largest absolute Gasteiger partial charge is 0.308 e. The van der Waals surface area contributed by atoms with E-state index in [0.29, 0.717) is 11.1 Å². The van der Waals surface area contributed by atoms with Gasteiger partial charge in [0.05, 0.1) is 6.21 Å². The number of nitrogens with one attached hydrogen (secondary N) is 1. The molecule has 0 saturated heterocycles. The third kappa shape index (κ3) is 5.33. The van der Waals surface area contributed by atoms with E-state index in [4.69, 9.17) is 0 Å². The van der Waals surface area contributed by atoms with Crippen LogP contribution in [-0.4, -0.2) is 23.7 Å². The number of hydrogen-bond acceptors (Lipinski definition) is 4. The SMILES string of the molecule is O=C(N/N=C\c1ccc(Br)cc1)C(=O)[C@H](C(=O)c1ccccc1)c1ccccc1. The molecule has 0 bridgehead atoms. The second-order valence-corrected chi connectivity index (χ2v) is 7.10. The fraction of sp³-hybridized carbons (Fsp3) is 0.0435. The number of amides is 1. The number of carbonyl (C=O) groups excluding carboxylic acids is 3. The van der Waals surface area contributed by atoms with Crippen LogP contribution in [-0.2, 0) is 9.59 Å². The highest BCUT2D eigenvalue weighted by Gasteiger charge is 2.33. The second-order valence-electron chi connectivity index (χ2n) is 6.19. The van der Waals surface area contributed by atoms with Gasteiger partial charge in [-0.15, -0.1) is 0 Å². The minimum absolute atomic E-state index is 0.362. The molecule has 0 saturated carbocycles. The van der Waals surface area contributed by atoms with Crippen LogP contribution in [0.5, 0.6) is 0 Å². The summed E-state index contributed by atoms with van der Waals surface area (Å²) in [5.74, 6) is -3.48. The summed E-state index contributed by atoms with van der Waals surface area (Å²) in [6.45, 7) is 0. The van der Waals surface area contributed by atoms with Crippen molar-refractivity contribution in [3.05, 3.63) is 106 Å². The molecule has 1 N–H and O–H groups in total. The summed E-state index contributed by atoms with van der Waals surface area (Å²) < 4.78 is 0.916. The standard InChI is InChI=1S/C23H17BrN2O3/c24-19-13-11-16(12-14-19)15-25-26-23(29)22(28)20(17-7-3-1-4-8-17)21(27)18-9-5-2-6-10-18/h1-15,20H,(H,26,29)/b25-15-/t20-/m0/s1. The molecule has 0 unspecified atom stereocenters. The maximum absolute atomic E-state index is 13.0. The highest BCUT2D eigenvalue weighted by atomic mass is 79.9. The van der Waals surface area contributed by atoms with Gasteiger partial charge in [0.1, 0.15) is 5.92 Å². The summed E-state index contributed by atoms with van der Waals surface area (Å²) in [5, 5.41) is 3.83. The van der Waals surface area contributed by atoms with E-state index in [1.165, 1.54) is 6.21 Å². The number of halogens is 1. The maximum atomic E-state index is 13.0. The first-order valence-corrected chi connectivity index (χ1v) is 9.62. The molecule has 3 aromatic rings. The molecule has 0 fully saturated rings. The first kappa shape index (κ1) is 20.4. The Morgan fingerprint density at radius 2 is 1.41 bits per heavy atom. The minimum Gasteiger partial charge on any atom is -0.293 e. The summed E-state index contributed by atoms with van der Waals surface area (Å²) in [4.78, 5) is 38.2. The van der Waals surface area contributed by atoms with E-state index >= 15 is 0 Å². The third-order valence-electron chi connectivity index (χ3n) is 4.19. The molecule has 0 aromatic heterocycles. The summed E-state index contributed by atoms with van der Waals surface area (Å²) >= 11 is 3.34. The van der Waals surface area contributed by atoms with Crippen LogP contribution in [0.1, 0.15) is 27.4 Å². The molecular weight excluding hydrogens is 432 g/mol. The zero-order chi connectivity index (χ0) is 20.6. The number of nitrogens with zero attached hydrogens (tertiary/aromatic N) is 1. The zero-order valence-electron chi connectivity index (χ0n) is 15.3. The molecule has 0 aliphatic carbocycles. The Bertz CT molecular complexity index is 1030. The first-order chi connectivity index (χ1) is 14.1. The van der Waals surface area contributed by atoms with Gasteiger partial charge in [0.2, 0.25) is 5.78 Å². The molecule has 144 valence electrons. The van der Waals surface area contributed by atoms with E-state index in [2.05, 4.69) is 26.5 Å². The van der Waals surface area contributed by atoms with Gasteiger partial charge in [-0.25, -0.2) is 5.43 Å². The lowest BCUT2D eigenvalue weighted by molar-refractivity contribution is -0.138. The van der Waals surface area contributed by atoms with Crippen molar-refractivity contribution in [3.8, 4) is 0 Å². The van der Waals surface area contributed by atoms with Gasteiger partial charge < -0.3 is 0 Å². The van der Waals surface area contributed by atoms with E-state index in [9.17, 15) is 14.4 Å². The third-order valence-corrected chi connectivity index (χ3v) is 4.72. The molecule has 0 aliphatic rings. The van der Waals surface area contributed by atoms with Crippen molar-refractivity contribution in [1.29, 1.82) is 0 Å². The molecule has 0 spiro atoms. The van der Waals surface area contributed by atoms with Crippen molar-refractivity contribution < 1.29 is 14.4 Å². The summed E-state index contributed by atoms with van der Waals surface area (Å²) in [7, 11) is 0. The van der Waals surface area contributed by atoms with E-state index in [0.717, 1.165) is 10.0 Å². The Morgan fingerprint density at radius 1 is 0.828 bits per heavy atom. The van der Waals surface area contributed by atoms with Crippen molar-refractivity contribution in [2.45, 2.75) is 5.92 Å². The molecule has 0 heterocycles. The molecule has 29 heavy (non-hydrogen) atoms. The molecule has 3 aromatic carbocycles. The van der Waals surface area contributed by atoms with E-state index in [1.54, 1.807) is 72.8 Å². The highest BCUT2D eigenvalue weighted by molar-refractivity contribution is 9.10. The Balaban J connectivity index is 1.79. The average Bonchev–Trinajstić information content (AvgIpc) is 2.76. The Labute approximate surface area is 176 Å². The van der Waals surface area contributed by atoms with Gasteiger partial charge in [-0.1, -0.05) is 88.7 Å². The lowest BCUT2D eigenvalue weighted by Gasteiger charge is -2.14. The number of hydrogen-bond donors (Lipinski definition) is 1. The van der Waals surface area contributed by atoms with Crippen LogP contribution in [0, 0.1) is 0 Å². The van der Waals surface area contributed by atoms with Crippen molar-refractivity contribution in [1.82, 2.24) is 5.43 Å². The van der Waals surface area contributed by atoms with Crippen molar-refractivity contribution in [2.75, 3.05) is 0 Å². The molecule has 1 amide bonds. The Morgan fingerprint density at radius 3 is 2.03 bits per heavy atom. The summed E-state index contributed by atoms with van der Waals surface area (Å²) in [6.07, 6.45) is 1.42. The van der Waals surface area contributed by atoms with Crippen LogP contribution in [0.2, 0.25) is 0 Å². The van der Waals surface area contributed by atoms with Gasteiger partial charge in [-0.05, 0) is 23.3 Å². The van der Waals surface area contributed by atoms with Gasteiger partial charge in [0, 0.05) is 10.0 Å². The molecular formula is C23H17BrN2O3. The first-order valence-electron chi connectivity index (χ1n) is 8.83. The predicted molar refractivity (Wildman–Crippen MR) is 115 cm³/mol. The predicted octanol–water partition coefficient (Wildman–Crippen LogP) is 4.14. The fourth-order valence-corrected chi connectivity index (χ4v) is 3.00. The van der Waals surface area contributed by atoms with Gasteiger partial charge >= 0.3 is 5.91 Å². The van der Waals surface area contributed by atoms with E-state index in [1.807, 2.05) is 12.1 Å². The number of Topliss-reactive ketones (excluding diaryl/α,β-unsaturated/α-hetero) is 2. The zero-order valence-corrected chi connectivity index (χ0v) is 16.9. The number of rotatable bonds is 7. The number of ketones is 2. The summed E-state index contributed by atoms with van der Waals surface area (Å²) in [6, 6.07) is 24.2. The number of carbonyl (C=O) groups is 3. The van der Waals surface area contributed by atoms with Crippen LogP contribution >= 0.6 is 15.9 Å². The normalized spacial score (nSPS) is 11.8. The van der Waals surface area contributed by atoms with Crippen molar-refractivity contribution in [3.63, 3.8) is 0 Å². The fourth-order valence-electron chi connectivity index (χ4n) is 2.74. The van der Waals surface area contributed by atoms with Gasteiger partial charge in [0.25, 0.3) is 0 Å². The van der Waals surface area contributed by atoms with E-state index in [-0.39, 0.29) is 0 Å². The number of benzene rings is 3. The monoisotopic (exact) mass is 448 g/mol. The second kappa shape index (κ2) is 9.71. The molecule has 6 heteroatoms. The molecule has 0 aliphatic heterocycles. The molecule has 1 atom stereocenters. The van der Waals surface area contributed by atoms with Crippen molar-refractivity contribution in [2.24, 2.45) is 5.10 Å². The van der Waals surface area contributed by atoms with Gasteiger partial charge in [-0.2, -0.15) is 5.10 Å². The molecule has 3 rings (SSSR count). The van der Waals surface area contributed by atoms with Gasteiger partial charge in [-0.3, -0.25) is 14.4 Å². The van der Waals surface area contributed by atoms with Crippen LogP contribution in [0.4, 0.5) is 0 Å². The topological polar surface area (TPSA) is 75.6 Å². The minimum atomic E-state index is -1.23. The lowest BCUT2D eigenvalue weighted by Crippen LogP contribution is -2.35. The number of hydrazone groups is 1. The smallest absolute Gasteiger partial charge is 0.293 e.